The molecule has 0 amide bonds. The molecular formula is C6H10O2. The van der Waals surface area contributed by atoms with Crippen LogP contribution in [0, 0.1) is 0 Å². The molecule has 0 saturated carbocycles. The van der Waals surface area contributed by atoms with E-state index in [0.29, 0.717) is 6.10 Å². The normalized spacial score (nSPS) is 21.1. The molecule has 0 bridgehead atoms. The Morgan fingerprint density at radius 2 is 2.38 bits per heavy atom. The standard InChI is InChI=1S/C6H10O2/c1-2-3-8-6-4-7-5-6/h2-3,6H,4-5H2,1H3/b3-2-. The predicted molar refractivity (Wildman–Crippen MR) is 30.5 cm³/mol. The van der Waals surface area contributed by atoms with Crippen LogP contribution in [-0.2, 0) is 9.47 Å². The fourth-order valence-electron chi connectivity index (χ4n) is 0.482. The third-order valence-electron chi connectivity index (χ3n) is 1.01. The summed E-state index contributed by atoms with van der Waals surface area (Å²) in [6.45, 7) is 3.44. The smallest absolute Gasteiger partial charge is 0.144 e. The van der Waals surface area contributed by atoms with Gasteiger partial charge in [-0.25, -0.2) is 0 Å². The van der Waals surface area contributed by atoms with Crippen LogP contribution >= 0.6 is 0 Å². The third-order valence-corrected chi connectivity index (χ3v) is 1.01. The lowest BCUT2D eigenvalue weighted by molar-refractivity contribution is -0.0994. The second-order valence-electron chi connectivity index (χ2n) is 1.76. The van der Waals surface area contributed by atoms with Crippen LogP contribution in [0.2, 0.25) is 0 Å². The van der Waals surface area contributed by atoms with Gasteiger partial charge >= 0.3 is 0 Å². The summed E-state index contributed by atoms with van der Waals surface area (Å²) in [6.07, 6.45) is 3.90. The SMILES string of the molecule is C/C=C\OC1COC1. The van der Waals surface area contributed by atoms with Crippen LogP contribution in [0.25, 0.3) is 0 Å². The van der Waals surface area contributed by atoms with Gasteiger partial charge in [-0.15, -0.1) is 0 Å². The van der Waals surface area contributed by atoms with E-state index in [9.17, 15) is 0 Å². The lowest BCUT2D eigenvalue weighted by Gasteiger charge is -2.24. The Bertz CT molecular complexity index is 84.5. The number of hydrogen-bond acceptors (Lipinski definition) is 2. The highest BCUT2D eigenvalue weighted by Gasteiger charge is 2.17. The Kier molecular flexibility index (Phi) is 1.92. The number of ether oxygens (including phenoxy) is 2. The molecule has 0 aliphatic carbocycles. The van der Waals surface area contributed by atoms with E-state index in [1.165, 1.54) is 0 Å². The van der Waals surface area contributed by atoms with E-state index in [4.69, 9.17) is 9.47 Å². The van der Waals surface area contributed by atoms with Gasteiger partial charge in [0.25, 0.3) is 0 Å². The van der Waals surface area contributed by atoms with E-state index in [2.05, 4.69) is 0 Å². The molecular weight excluding hydrogens is 104 g/mol. The topological polar surface area (TPSA) is 18.5 Å². The molecule has 1 saturated heterocycles. The molecule has 1 rings (SSSR count). The minimum atomic E-state index is 0.325. The van der Waals surface area contributed by atoms with Gasteiger partial charge in [-0.2, -0.15) is 0 Å². The first-order valence-electron chi connectivity index (χ1n) is 2.78. The zero-order valence-electron chi connectivity index (χ0n) is 4.96. The van der Waals surface area contributed by atoms with Crippen LogP contribution in [0.1, 0.15) is 6.92 Å². The highest BCUT2D eigenvalue weighted by molar-refractivity contribution is 4.72. The Labute approximate surface area is 49.1 Å². The van der Waals surface area contributed by atoms with Crippen LogP contribution in [0.4, 0.5) is 0 Å². The van der Waals surface area contributed by atoms with Crippen molar-refractivity contribution in [3.63, 3.8) is 0 Å². The lowest BCUT2D eigenvalue weighted by Crippen LogP contribution is -2.34. The first-order chi connectivity index (χ1) is 3.93. The van der Waals surface area contributed by atoms with E-state index in [1.807, 2.05) is 13.0 Å². The van der Waals surface area contributed by atoms with Gasteiger partial charge < -0.3 is 9.47 Å². The van der Waals surface area contributed by atoms with Crippen molar-refractivity contribution in [3.05, 3.63) is 12.3 Å². The van der Waals surface area contributed by atoms with Gasteiger partial charge in [-0.1, -0.05) is 6.08 Å². The molecule has 0 radical (unpaired) electrons. The number of rotatable bonds is 2. The molecule has 1 aliphatic heterocycles. The van der Waals surface area contributed by atoms with Crippen LogP contribution in [0.5, 0.6) is 0 Å². The average molecular weight is 114 g/mol. The van der Waals surface area contributed by atoms with Crippen molar-refractivity contribution in [2.75, 3.05) is 13.2 Å². The summed E-state index contributed by atoms with van der Waals surface area (Å²) in [5.74, 6) is 0. The van der Waals surface area contributed by atoms with Crippen molar-refractivity contribution in [3.8, 4) is 0 Å². The summed E-state index contributed by atoms with van der Waals surface area (Å²) < 4.78 is 9.99. The van der Waals surface area contributed by atoms with Crippen LogP contribution in [0.15, 0.2) is 12.3 Å². The second kappa shape index (κ2) is 2.72. The maximum atomic E-state index is 5.12. The average Bonchev–Trinajstić information content (AvgIpc) is 1.63. The van der Waals surface area contributed by atoms with Gasteiger partial charge in [-0.3, -0.25) is 0 Å². The highest BCUT2D eigenvalue weighted by Crippen LogP contribution is 2.04. The Balaban J connectivity index is 2.01. The highest BCUT2D eigenvalue weighted by atomic mass is 16.6. The zero-order valence-corrected chi connectivity index (χ0v) is 4.96. The summed E-state index contributed by atoms with van der Waals surface area (Å²) in [5, 5.41) is 0. The molecule has 46 valence electrons. The molecule has 0 aromatic rings. The summed E-state index contributed by atoms with van der Waals surface area (Å²) in [6, 6.07) is 0. The molecule has 0 unspecified atom stereocenters. The van der Waals surface area contributed by atoms with Crippen molar-refractivity contribution in [2.45, 2.75) is 13.0 Å². The van der Waals surface area contributed by atoms with E-state index < -0.39 is 0 Å². The first-order valence-corrected chi connectivity index (χ1v) is 2.78. The molecule has 2 nitrogen and oxygen atoms in total. The quantitative estimate of drug-likeness (QED) is 0.497. The van der Waals surface area contributed by atoms with E-state index in [0.717, 1.165) is 13.2 Å². The molecule has 2 heteroatoms. The Morgan fingerprint density at radius 1 is 1.62 bits per heavy atom. The monoisotopic (exact) mass is 114 g/mol. The minimum Gasteiger partial charge on any atom is -0.494 e. The zero-order chi connectivity index (χ0) is 5.82. The van der Waals surface area contributed by atoms with Gasteiger partial charge in [0.2, 0.25) is 0 Å². The minimum absolute atomic E-state index is 0.325. The Morgan fingerprint density at radius 3 is 2.75 bits per heavy atom. The van der Waals surface area contributed by atoms with Crippen LogP contribution < -0.4 is 0 Å². The van der Waals surface area contributed by atoms with Crippen molar-refractivity contribution in [2.24, 2.45) is 0 Å². The molecule has 0 spiro atoms. The lowest BCUT2D eigenvalue weighted by atomic mass is 10.3. The fourth-order valence-corrected chi connectivity index (χ4v) is 0.482. The summed E-state index contributed by atoms with van der Waals surface area (Å²) in [7, 11) is 0. The largest absolute Gasteiger partial charge is 0.494 e. The van der Waals surface area contributed by atoms with Crippen molar-refractivity contribution in [1.29, 1.82) is 0 Å². The molecule has 0 N–H and O–H groups in total. The van der Waals surface area contributed by atoms with E-state index in [-0.39, 0.29) is 0 Å². The maximum absolute atomic E-state index is 5.12. The maximum Gasteiger partial charge on any atom is 0.144 e. The molecule has 1 aliphatic rings. The van der Waals surface area contributed by atoms with Crippen LogP contribution in [0.3, 0.4) is 0 Å². The van der Waals surface area contributed by atoms with Crippen LogP contribution in [-0.4, -0.2) is 19.3 Å². The van der Waals surface area contributed by atoms with Gasteiger partial charge in [-0.05, 0) is 6.92 Å². The third kappa shape index (κ3) is 1.23. The molecule has 0 aromatic carbocycles. The van der Waals surface area contributed by atoms with Gasteiger partial charge in [0.05, 0.1) is 19.5 Å². The molecule has 0 atom stereocenters. The second-order valence-corrected chi connectivity index (χ2v) is 1.76. The van der Waals surface area contributed by atoms with Crippen molar-refractivity contribution < 1.29 is 9.47 Å². The molecule has 8 heavy (non-hydrogen) atoms. The summed E-state index contributed by atoms with van der Waals surface area (Å²) in [4.78, 5) is 0. The first kappa shape index (κ1) is 5.63. The number of allylic oxidation sites excluding steroid dienone is 1. The molecule has 1 fully saturated rings. The molecule has 0 aromatic heterocycles. The molecule has 1 heterocycles. The number of hydrogen-bond donors (Lipinski definition) is 0. The summed E-state index contributed by atoms with van der Waals surface area (Å²) >= 11 is 0. The fraction of sp³-hybridized carbons (Fsp3) is 0.667. The summed E-state index contributed by atoms with van der Waals surface area (Å²) in [5.41, 5.74) is 0. The Hall–Kier alpha value is -0.500. The predicted octanol–water partition coefficient (Wildman–Crippen LogP) is 0.935. The van der Waals surface area contributed by atoms with Gasteiger partial charge in [0.15, 0.2) is 0 Å². The van der Waals surface area contributed by atoms with E-state index in [1.54, 1.807) is 6.26 Å². The van der Waals surface area contributed by atoms with Gasteiger partial charge in [0, 0.05) is 0 Å². The van der Waals surface area contributed by atoms with Gasteiger partial charge in [0.1, 0.15) is 6.10 Å². The van der Waals surface area contributed by atoms with E-state index >= 15 is 0 Å². The van der Waals surface area contributed by atoms with Crippen molar-refractivity contribution >= 4 is 0 Å². The van der Waals surface area contributed by atoms with Crippen molar-refractivity contribution in [1.82, 2.24) is 0 Å².